The van der Waals surface area contributed by atoms with Gasteiger partial charge in [-0.25, -0.2) is 4.39 Å². The van der Waals surface area contributed by atoms with E-state index in [2.05, 4.69) is 5.32 Å². The molecule has 2 rings (SSSR count). The molecule has 1 aromatic carbocycles. The first-order chi connectivity index (χ1) is 9.45. The van der Waals surface area contributed by atoms with Crippen LogP contribution in [0.15, 0.2) is 18.2 Å². The Labute approximate surface area is 117 Å². The van der Waals surface area contributed by atoms with Crippen LogP contribution in [-0.2, 0) is 11.2 Å². The van der Waals surface area contributed by atoms with Gasteiger partial charge in [-0.15, -0.1) is 0 Å². The molecular weight excluding hydrogens is 261 g/mol. The van der Waals surface area contributed by atoms with E-state index in [1.54, 1.807) is 6.07 Å². The standard InChI is InChI=1S/C15H20FNO3/c1-9(2)5-13(15(18)19)17-8-12-7-10-6-11(16)3-4-14(10)20-12/h3-4,6,9,12-13,17H,5,7-8H2,1-2H3,(H,18,19). The Balaban J connectivity index is 1.88. The topological polar surface area (TPSA) is 58.6 Å². The third-order valence-corrected chi connectivity index (χ3v) is 3.36. The molecule has 0 fully saturated rings. The number of carboxylic acids is 1. The molecule has 1 aliphatic heterocycles. The lowest BCUT2D eigenvalue weighted by Gasteiger charge is -2.19. The highest BCUT2D eigenvalue weighted by Crippen LogP contribution is 2.29. The van der Waals surface area contributed by atoms with E-state index in [0.29, 0.717) is 31.1 Å². The van der Waals surface area contributed by atoms with Gasteiger partial charge in [-0.05, 0) is 30.5 Å². The molecule has 4 nitrogen and oxygen atoms in total. The van der Waals surface area contributed by atoms with Gasteiger partial charge in [-0.2, -0.15) is 0 Å². The first kappa shape index (κ1) is 14.8. The van der Waals surface area contributed by atoms with Gasteiger partial charge >= 0.3 is 5.97 Å². The Morgan fingerprint density at radius 1 is 1.55 bits per heavy atom. The summed E-state index contributed by atoms with van der Waals surface area (Å²) in [6.07, 6.45) is 1.04. The van der Waals surface area contributed by atoms with Crippen LogP contribution in [0.4, 0.5) is 4.39 Å². The first-order valence-corrected chi connectivity index (χ1v) is 6.87. The summed E-state index contributed by atoms with van der Waals surface area (Å²) in [6.45, 7) is 4.42. The van der Waals surface area contributed by atoms with Gasteiger partial charge in [0.05, 0.1) is 0 Å². The van der Waals surface area contributed by atoms with Gasteiger partial charge in [-0.1, -0.05) is 13.8 Å². The van der Waals surface area contributed by atoms with Gasteiger partial charge in [0.15, 0.2) is 0 Å². The van der Waals surface area contributed by atoms with E-state index in [9.17, 15) is 9.18 Å². The molecule has 5 heteroatoms. The van der Waals surface area contributed by atoms with Crippen LogP contribution in [0, 0.1) is 11.7 Å². The Bertz CT molecular complexity index is 490. The lowest BCUT2D eigenvalue weighted by Crippen LogP contribution is -2.42. The fourth-order valence-corrected chi connectivity index (χ4v) is 2.42. The fourth-order valence-electron chi connectivity index (χ4n) is 2.42. The van der Waals surface area contributed by atoms with Crippen molar-refractivity contribution >= 4 is 5.97 Å². The third-order valence-electron chi connectivity index (χ3n) is 3.36. The van der Waals surface area contributed by atoms with E-state index in [4.69, 9.17) is 9.84 Å². The summed E-state index contributed by atoms with van der Waals surface area (Å²) in [7, 11) is 0. The maximum atomic E-state index is 13.1. The minimum absolute atomic E-state index is 0.138. The van der Waals surface area contributed by atoms with E-state index in [0.717, 1.165) is 5.56 Å². The average Bonchev–Trinajstić information content (AvgIpc) is 2.75. The van der Waals surface area contributed by atoms with Crippen LogP contribution in [0.2, 0.25) is 0 Å². The largest absolute Gasteiger partial charge is 0.488 e. The second kappa shape index (κ2) is 6.22. The monoisotopic (exact) mass is 281 g/mol. The highest BCUT2D eigenvalue weighted by atomic mass is 19.1. The fraction of sp³-hybridized carbons (Fsp3) is 0.533. The second-order valence-electron chi connectivity index (χ2n) is 5.62. The lowest BCUT2D eigenvalue weighted by molar-refractivity contribution is -0.140. The van der Waals surface area contributed by atoms with Crippen molar-refractivity contribution in [3.8, 4) is 5.75 Å². The maximum absolute atomic E-state index is 13.1. The van der Waals surface area contributed by atoms with E-state index < -0.39 is 12.0 Å². The van der Waals surface area contributed by atoms with Crippen molar-refractivity contribution in [2.75, 3.05) is 6.54 Å². The molecule has 2 N–H and O–H groups in total. The van der Waals surface area contributed by atoms with Crippen molar-refractivity contribution in [1.29, 1.82) is 0 Å². The van der Waals surface area contributed by atoms with Gasteiger partial charge < -0.3 is 15.2 Å². The Hall–Kier alpha value is -1.62. The van der Waals surface area contributed by atoms with E-state index in [1.165, 1.54) is 12.1 Å². The summed E-state index contributed by atoms with van der Waals surface area (Å²) >= 11 is 0. The van der Waals surface area contributed by atoms with Crippen molar-refractivity contribution < 1.29 is 19.0 Å². The van der Waals surface area contributed by atoms with Gasteiger partial charge in [0, 0.05) is 18.5 Å². The summed E-state index contributed by atoms with van der Waals surface area (Å²) < 4.78 is 18.8. The number of hydrogen-bond donors (Lipinski definition) is 2. The van der Waals surface area contributed by atoms with Crippen molar-refractivity contribution in [2.45, 2.75) is 38.8 Å². The van der Waals surface area contributed by atoms with Crippen LogP contribution in [0.3, 0.4) is 0 Å². The van der Waals surface area contributed by atoms with Gasteiger partial charge in [0.1, 0.15) is 23.7 Å². The third kappa shape index (κ3) is 3.70. The Morgan fingerprint density at radius 2 is 2.30 bits per heavy atom. The number of halogens is 1. The Kier molecular flexibility index (Phi) is 4.60. The molecule has 0 amide bonds. The van der Waals surface area contributed by atoms with Crippen molar-refractivity contribution in [3.05, 3.63) is 29.6 Å². The zero-order chi connectivity index (χ0) is 14.7. The van der Waals surface area contributed by atoms with Crippen LogP contribution in [-0.4, -0.2) is 29.8 Å². The summed E-state index contributed by atoms with van der Waals surface area (Å²) in [5.74, 6) is -0.127. The lowest BCUT2D eigenvalue weighted by atomic mass is 10.0. The number of hydrogen-bond acceptors (Lipinski definition) is 3. The molecule has 1 heterocycles. The zero-order valence-corrected chi connectivity index (χ0v) is 11.7. The average molecular weight is 281 g/mol. The minimum Gasteiger partial charge on any atom is -0.488 e. The molecule has 0 bridgehead atoms. The molecule has 0 aliphatic carbocycles. The second-order valence-corrected chi connectivity index (χ2v) is 5.62. The van der Waals surface area contributed by atoms with Crippen LogP contribution in [0.1, 0.15) is 25.8 Å². The summed E-state index contributed by atoms with van der Waals surface area (Å²) in [5, 5.41) is 12.2. The minimum atomic E-state index is -0.847. The number of rotatable bonds is 6. The Morgan fingerprint density at radius 3 is 2.95 bits per heavy atom. The summed E-state index contributed by atoms with van der Waals surface area (Å²) in [5.41, 5.74) is 0.840. The molecule has 0 aromatic heterocycles. The molecule has 0 spiro atoms. The molecule has 2 unspecified atom stereocenters. The maximum Gasteiger partial charge on any atom is 0.320 e. The predicted octanol–water partition coefficient (Wildman–Crippen LogP) is 2.22. The molecule has 2 atom stereocenters. The zero-order valence-electron chi connectivity index (χ0n) is 11.7. The number of aliphatic carboxylic acids is 1. The van der Waals surface area contributed by atoms with Gasteiger partial charge in [0.25, 0.3) is 0 Å². The quantitative estimate of drug-likeness (QED) is 0.839. The first-order valence-electron chi connectivity index (χ1n) is 6.87. The summed E-state index contributed by atoms with van der Waals surface area (Å²) in [4.78, 5) is 11.1. The van der Waals surface area contributed by atoms with E-state index in [-0.39, 0.29) is 11.9 Å². The van der Waals surface area contributed by atoms with E-state index in [1.807, 2.05) is 13.8 Å². The van der Waals surface area contributed by atoms with Crippen LogP contribution in [0.25, 0.3) is 0 Å². The number of nitrogens with one attached hydrogen (secondary N) is 1. The number of ether oxygens (including phenoxy) is 1. The van der Waals surface area contributed by atoms with Crippen LogP contribution in [0.5, 0.6) is 5.75 Å². The number of carbonyl (C=O) groups is 1. The number of carboxylic acid groups (broad SMARTS) is 1. The molecule has 0 saturated heterocycles. The van der Waals surface area contributed by atoms with Crippen molar-refractivity contribution in [1.82, 2.24) is 5.32 Å². The van der Waals surface area contributed by atoms with Gasteiger partial charge in [-0.3, -0.25) is 4.79 Å². The molecule has 110 valence electrons. The van der Waals surface area contributed by atoms with Gasteiger partial charge in [0.2, 0.25) is 0 Å². The molecule has 0 saturated carbocycles. The summed E-state index contributed by atoms with van der Waals surface area (Å²) in [6, 6.07) is 3.89. The number of benzene rings is 1. The van der Waals surface area contributed by atoms with Crippen molar-refractivity contribution in [3.63, 3.8) is 0 Å². The highest BCUT2D eigenvalue weighted by molar-refractivity contribution is 5.73. The normalized spacial score (nSPS) is 18.7. The highest BCUT2D eigenvalue weighted by Gasteiger charge is 2.25. The smallest absolute Gasteiger partial charge is 0.320 e. The van der Waals surface area contributed by atoms with E-state index >= 15 is 0 Å². The molecular formula is C15H20FNO3. The van der Waals surface area contributed by atoms with Crippen LogP contribution >= 0.6 is 0 Å². The predicted molar refractivity (Wildman–Crippen MR) is 73.4 cm³/mol. The molecule has 20 heavy (non-hydrogen) atoms. The SMILES string of the molecule is CC(C)CC(NCC1Cc2cc(F)ccc2O1)C(=O)O. The van der Waals surface area contributed by atoms with Crippen LogP contribution < -0.4 is 10.1 Å². The molecule has 1 aliphatic rings. The molecule has 0 radical (unpaired) electrons. The molecule has 1 aromatic rings. The number of fused-ring (bicyclic) bond motifs is 1. The van der Waals surface area contributed by atoms with Crippen molar-refractivity contribution in [2.24, 2.45) is 5.92 Å².